The largest absolute Gasteiger partial charge is 0.378 e. The first-order valence-electron chi connectivity index (χ1n) is 7.23. The van der Waals surface area contributed by atoms with Gasteiger partial charge in [0.2, 0.25) is 0 Å². The summed E-state index contributed by atoms with van der Waals surface area (Å²) in [6.45, 7) is 3.11. The lowest BCUT2D eigenvalue weighted by Crippen LogP contribution is -2.36. The van der Waals surface area contributed by atoms with Crippen molar-refractivity contribution in [3.05, 3.63) is 58.6 Å². The second-order valence-corrected chi connectivity index (χ2v) is 6.00. The van der Waals surface area contributed by atoms with Crippen molar-refractivity contribution in [3.63, 3.8) is 0 Å². The summed E-state index contributed by atoms with van der Waals surface area (Å²) >= 11 is 3.39. The Hall–Kier alpha value is -1.85. The molecule has 0 aliphatic carbocycles. The highest BCUT2D eigenvalue weighted by molar-refractivity contribution is 9.10. The average Bonchev–Trinajstić information content (AvgIpc) is 2.56. The minimum Gasteiger partial charge on any atom is -0.378 e. The molecule has 2 aromatic carbocycles. The van der Waals surface area contributed by atoms with E-state index in [4.69, 9.17) is 4.74 Å². The van der Waals surface area contributed by atoms with Crippen LogP contribution in [0.1, 0.15) is 10.4 Å². The highest BCUT2D eigenvalue weighted by Gasteiger charge is 2.16. The number of halogens is 1. The van der Waals surface area contributed by atoms with Crippen LogP contribution in [0.4, 0.5) is 11.4 Å². The summed E-state index contributed by atoms with van der Waals surface area (Å²) in [5.74, 6) is -0.109. The van der Waals surface area contributed by atoms with E-state index in [0.29, 0.717) is 18.8 Å². The molecule has 1 saturated heterocycles. The van der Waals surface area contributed by atoms with Gasteiger partial charge in [-0.1, -0.05) is 34.1 Å². The minimum absolute atomic E-state index is 0.109. The maximum Gasteiger partial charge on any atom is 0.255 e. The molecule has 0 spiro atoms. The van der Waals surface area contributed by atoms with Gasteiger partial charge in [0.15, 0.2) is 0 Å². The molecule has 0 atom stereocenters. The molecule has 2 aromatic rings. The lowest BCUT2D eigenvalue weighted by Gasteiger charge is -2.30. The maximum atomic E-state index is 12.4. The van der Waals surface area contributed by atoms with E-state index in [1.807, 2.05) is 42.5 Å². The second-order valence-electron chi connectivity index (χ2n) is 5.08. The number of carbonyl (C=O) groups excluding carboxylic acids is 1. The van der Waals surface area contributed by atoms with Gasteiger partial charge in [-0.2, -0.15) is 0 Å². The van der Waals surface area contributed by atoms with E-state index in [9.17, 15) is 4.79 Å². The van der Waals surface area contributed by atoms with Gasteiger partial charge in [-0.15, -0.1) is 0 Å². The van der Waals surface area contributed by atoms with E-state index in [2.05, 4.69) is 26.1 Å². The van der Waals surface area contributed by atoms with E-state index in [1.54, 1.807) is 6.07 Å². The standard InChI is InChI=1S/C17H17BrN2O2/c18-14-5-3-4-13(12-14)17(21)19-15-6-1-2-7-16(15)20-8-10-22-11-9-20/h1-7,12H,8-11H2,(H,19,21). The number of ether oxygens (including phenoxy) is 1. The number of morpholine rings is 1. The SMILES string of the molecule is O=C(Nc1ccccc1N1CCOCC1)c1cccc(Br)c1. The van der Waals surface area contributed by atoms with Crippen LogP contribution in [0, 0.1) is 0 Å². The molecule has 0 bridgehead atoms. The van der Waals surface area contributed by atoms with Crippen molar-refractivity contribution < 1.29 is 9.53 Å². The fourth-order valence-corrected chi connectivity index (χ4v) is 2.88. The van der Waals surface area contributed by atoms with Crippen LogP contribution >= 0.6 is 15.9 Å². The number of amides is 1. The van der Waals surface area contributed by atoms with Crippen molar-refractivity contribution >= 4 is 33.2 Å². The molecule has 1 aliphatic heterocycles. The maximum absolute atomic E-state index is 12.4. The second kappa shape index (κ2) is 6.94. The molecule has 1 fully saturated rings. The van der Waals surface area contributed by atoms with Gasteiger partial charge in [0, 0.05) is 23.1 Å². The first-order valence-corrected chi connectivity index (χ1v) is 8.02. The fourth-order valence-electron chi connectivity index (χ4n) is 2.48. The van der Waals surface area contributed by atoms with E-state index in [-0.39, 0.29) is 5.91 Å². The van der Waals surface area contributed by atoms with Crippen molar-refractivity contribution in [3.8, 4) is 0 Å². The highest BCUT2D eigenvalue weighted by Crippen LogP contribution is 2.27. The Labute approximate surface area is 138 Å². The molecule has 0 radical (unpaired) electrons. The lowest BCUT2D eigenvalue weighted by atomic mass is 10.2. The van der Waals surface area contributed by atoms with Crippen LogP contribution in [-0.4, -0.2) is 32.2 Å². The lowest BCUT2D eigenvalue weighted by molar-refractivity contribution is 0.102. The Bertz CT molecular complexity index is 669. The molecule has 114 valence electrons. The van der Waals surface area contributed by atoms with Crippen molar-refractivity contribution in [2.45, 2.75) is 0 Å². The Kier molecular flexibility index (Phi) is 4.75. The summed E-state index contributed by atoms with van der Waals surface area (Å²) in [4.78, 5) is 14.7. The normalized spacial score (nSPS) is 14.7. The van der Waals surface area contributed by atoms with Gasteiger partial charge >= 0.3 is 0 Å². The summed E-state index contributed by atoms with van der Waals surface area (Å²) in [6.07, 6.45) is 0. The van der Waals surface area contributed by atoms with Gasteiger partial charge in [-0.3, -0.25) is 4.79 Å². The van der Waals surface area contributed by atoms with Gasteiger partial charge in [0.1, 0.15) is 0 Å². The summed E-state index contributed by atoms with van der Waals surface area (Å²) in [6, 6.07) is 15.2. The minimum atomic E-state index is -0.109. The molecular weight excluding hydrogens is 344 g/mol. The summed E-state index contributed by atoms with van der Waals surface area (Å²) < 4.78 is 6.28. The molecule has 3 rings (SSSR count). The predicted octanol–water partition coefficient (Wildman–Crippen LogP) is 3.54. The number of rotatable bonds is 3. The number of anilines is 2. The number of benzene rings is 2. The quantitative estimate of drug-likeness (QED) is 0.909. The number of nitrogens with one attached hydrogen (secondary N) is 1. The van der Waals surface area contributed by atoms with E-state index >= 15 is 0 Å². The van der Waals surface area contributed by atoms with E-state index in [1.165, 1.54) is 0 Å². The third kappa shape index (κ3) is 3.48. The molecule has 0 aromatic heterocycles. The molecule has 22 heavy (non-hydrogen) atoms. The van der Waals surface area contributed by atoms with Crippen LogP contribution in [0.2, 0.25) is 0 Å². The fraction of sp³-hybridized carbons (Fsp3) is 0.235. The molecule has 1 aliphatic rings. The zero-order valence-corrected chi connectivity index (χ0v) is 13.7. The van der Waals surface area contributed by atoms with Crippen LogP contribution < -0.4 is 10.2 Å². The van der Waals surface area contributed by atoms with Crippen LogP contribution in [0.3, 0.4) is 0 Å². The van der Waals surface area contributed by atoms with E-state index in [0.717, 1.165) is 28.9 Å². The van der Waals surface area contributed by atoms with Crippen molar-refractivity contribution in [2.75, 3.05) is 36.5 Å². The molecule has 1 amide bonds. The first-order chi connectivity index (χ1) is 10.7. The zero-order chi connectivity index (χ0) is 15.4. The Morgan fingerprint density at radius 3 is 2.64 bits per heavy atom. The summed E-state index contributed by atoms with van der Waals surface area (Å²) in [7, 11) is 0. The molecule has 0 unspecified atom stereocenters. The molecule has 0 saturated carbocycles. The topological polar surface area (TPSA) is 41.6 Å². The number of hydrogen-bond donors (Lipinski definition) is 1. The van der Waals surface area contributed by atoms with Gasteiger partial charge in [0.25, 0.3) is 5.91 Å². The molecular formula is C17H17BrN2O2. The van der Waals surface area contributed by atoms with Gasteiger partial charge in [-0.25, -0.2) is 0 Å². The first kappa shape index (κ1) is 15.1. The Balaban J connectivity index is 1.81. The monoisotopic (exact) mass is 360 g/mol. The van der Waals surface area contributed by atoms with Crippen LogP contribution in [0.25, 0.3) is 0 Å². The van der Waals surface area contributed by atoms with Gasteiger partial charge < -0.3 is 15.0 Å². The Morgan fingerprint density at radius 1 is 1.09 bits per heavy atom. The molecule has 1 N–H and O–H groups in total. The van der Waals surface area contributed by atoms with Gasteiger partial charge in [-0.05, 0) is 30.3 Å². The number of nitrogens with zero attached hydrogens (tertiary/aromatic N) is 1. The van der Waals surface area contributed by atoms with E-state index < -0.39 is 0 Å². The summed E-state index contributed by atoms with van der Waals surface area (Å²) in [5.41, 5.74) is 2.50. The number of para-hydroxylation sites is 2. The van der Waals surface area contributed by atoms with Crippen LogP contribution in [0.5, 0.6) is 0 Å². The van der Waals surface area contributed by atoms with Gasteiger partial charge in [0.05, 0.1) is 24.6 Å². The smallest absolute Gasteiger partial charge is 0.255 e. The van der Waals surface area contributed by atoms with Crippen molar-refractivity contribution in [1.29, 1.82) is 0 Å². The van der Waals surface area contributed by atoms with Crippen LogP contribution in [-0.2, 0) is 4.74 Å². The van der Waals surface area contributed by atoms with Crippen molar-refractivity contribution in [1.82, 2.24) is 0 Å². The number of carbonyl (C=O) groups is 1. The average molecular weight is 361 g/mol. The Morgan fingerprint density at radius 2 is 1.86 bits per heavy atom. The number of hydrogen-bond acceptors (Lipinski definition) is 3. The predicted molar refractivity (Wildman–Crippen MR) is 91.6 cm³/mol. The molecule has 5 heteroatoms. The van der Waals surface area contributed by atoms with Crippen LogP contribution in [0.15, 0.2) is 53.0 Å². The molecule has 4 nitrogen and oxygen atoms in total. The zero-order valence-electron chi connectivity index (χ0n) is 12.1. The summed E-state index contributed by atoms with van der Waals surface area (Å²) in [5, 5.41) is 3.01. The highest BCUT2D eigenvalue weighted by atomic mass is 79.9. The third-order valence-corrected chi connectivity index (χ3v) is 4.08. The molecule has 1 heterocycles. The third-order valence-electron chi connectivity index (χ3n) is 3.59. The van der Waals surface area contributed by atoms with Crippen molar-refractivity contribution in [2.24, 2.45) is 0 Å².